The topological polar surface area (TPSA) is 48.5 Å². The maximum absolute atomic E-state index is 5.56. The molecule has 0 atom stereocenters. The van der Waals surface area contributed by atoms with Crippen LogP contribution in [0.25, 0.3) is 134 Å². The zero-order valence-corrected chi connectivity index (χ0v) is 43.1. The van der Waals surface area contributed by atoms with Crippen LogP contribution < -0.4 is 0 Å². The molecule has 77 heavy (non-hydrogen) atoms. The lowest BCUT2D eigenvalue weighted by Crippen LogP contribution is -2.15. The molecule has 5 heteroatoms. The predicted molar refractivity (Wildman–Crippen MR) is 320 cm³/mol. The quantitative estimate of drug-likeness (QED) is 0.152. The summed E-state index contributed by atoms with van der Waals surface area (Å²) in [6, 6.07) is 83.8. The molecule has 0 fully saturated rings. The standard InChI is InChI=1S/C72H53N5/c1-72(2)60-34-15-12-29-53(60)54-41-40-51(44-61(54)72)70-73-69(50-26-18-25-48(43-50)46-21-6-3-7-22-46)74-71(75-70)59-42-39-49(47-23-8-4-9-24-47)45-66(59)77-63-36-17-14-31-58(63)68-56(33-20-38-65(68)77)55-32-19-37-64-67(55)57-30-13-16-35-62(57)76(64)52-27-10-5-11-28-52/h3-4,6-9,12-27,29-45H,5,10-11,28H2,1-2H3. The molecular weight excluding hydrogens is 935 g/mol. The summed E-state index contributed by atoms with van der Waals surface area (Å²) in [4.78, 5) is 16.5. The molecule has 0 spiro atoms. The highest BCUT2D eigenvalue weighted by atomic mass is 15.1. The van der Waals surface area contributed by atoms with Crippen molar-refractivity contribution in [3.05, 3.63) is 248 Å². The number of benzene rings is 10. The number of allylic oxidation sites excluding steroid dienone is 2. The summed E-state index contributed by atoms with van der Waals surface area (Å²) in [6.45, 7) is 4.65. The molecule has 0 amide bonds. The summed E-state index contributed by atoms with van der Waals surface area (Å²) < 4.78 is 5.00. The van der Waals surface area contributed by atoms with E-state index in [1.807, 2.05) is 0 Å². The molecule has 0 radical (unpaired) electrons. The Kier molecular flexibility index (Phi) is 10.4. The number of rotatable bonds is 8. The Morgan fingerprint density at radius 2 is 0.844 bits per heavy atom. The molecule has 0 saturated heterocycles. The summed E-state index contributed by atoms with van der Waals surface area (Å²) in [5.74, 6) is 1.85. The highest BCUT2D eigenvalue weighted by molar-refractivity contribution is 6.22. The van der Waals surface area contributed by atoms with Gasteiger partial charge in [0.1, 0.15) is 0 Å². The van der Waals surface area contributed by atoms with E-state index < -0.39 is 0 Å². The van der Waals surface area contributed by atoms with E-state index in [0.717, 1.165) is 68.5 Å². The van der Waals surface area contributed by atoms with Crippen LogP contribution in [0.2, 0.25) is 0 Å². The minimum atomic E-state index is -0.198. The van der Waals surface area contributed by atoms with Gasteiger partial charge < -0.3 is 9.13 Å². The Balaban J connectivity index is 0.986. The molecule has 0 saturated carbocycles. The monoisotopic (exact) mass is 987 g/mol. The van der Waals surface area contributed by atoms with Gasteiger partial charge in [0.2, 0.25) is 0 Å². The van der Waals surface area contributed by atoms with Crippen molar-refractivity contribution >= 4 is 49.3 Å². The summed E-state index contributed by atoms with van der Waals surface area (Å²) in [5.41, 5.74) is 21.7. The lowest BCUT2D eigenvalue weighted by Gasteiger charge is -2.22. The number of fused-ring (bicyclic) bond motifs is 9. The van der Waals surface area contributed by atoms with Gasteiger partial charge in [-0.05, 0) is 130 Å². The third-order valence-corrected chi connectivity index (χ3v) is 16.5. The van der Waals surface area contributed by atoms with Crippen LogP contribution in [0.15, 0.2) is 237 Å². The Morgan fingerprint density at radius 1 is 0.351 bits per heavy atom. The minimum absolute atomic E-state index is 0.198. The van der Waals surface area contributed by atoms with Crippen molar-refractivity contribution in [2.75, 3.05) is 0 Å². The number of nitrogens with zero attached hydrogens (tertiary/aromatic N) is 5. The largest absolute Gasteiger partial charge is 0.313 e. The van der Waals surface area contributed by atoms with E-state index in [1.165, 1.54) is 84.5 Å². The first-order chi connectivity index (χ1) is 38.0. The summed E-state index contributed by atoms with van der Waals surface area (Å²) in [6.07, 6.45) is 7.11. The van der Waals surface area contributed by atoms with Crippen LogP contribution in [-0.2, 0) is 5.41 Å². The summed E-state index contributed by atoms with van der Waals surface area (Å²) >= 11 is 0. The van der Waals surface area contributed by atoms with E-state index in [4.69, 9.17) is 15.0 Å². The SMILES string of the molecule is CC1(C)c2ccccc2-c2ccc(-c3nc(-c4cccc(-c5ccccc5)c4)nc(-c4ccc(-c5ccccc5)cc4-n4c5ccccc5c5c(-c6cccc7c6c6ccccc6n7C6=CCCCC6)cccc54)n3)cc21. The first-order valence-corrected chi connectivity index (χ1v) is 27.1. The molecule has 2 aliphatic rings. The van der Waals surface area contributed by atoms with E-state index in [2.05, 4.69) is 260 Å². The fourth-order valence-electron chi connectivity index (χ4n) is 12.9. The van der Waals surface area contributed by atoms with Gasteiger partial charge in [-0.25, -0.2) is 15.0 Å². The maximum atomic E-state index is 5.56. The summed E-state index contributed by atoms with van der Waals surface area (Å²) in [5, 5.41) is 4.94. The van der Waals surface area contributed by atoms with Crippen molar-refractivity contribution in [3.8, 4) is 84.4 Å². The van der Waals surface area contributed by atoms with Gasteiger partial charge in [0.05, 0.1) is 27.8 Å². The van der Waals surface area contributed by atoms with Crippen LogP contribution in [0, 0.1) is 0 Å². The van der Waals surface area contributed by atoms with Crippen molar-refractivity contribution in [3.63, 3.8) is 0 Å². The molecular formula is C72H53N5. The van der Waals surface area contributed by atoms with E-state index >= 15 is 0 Å². The molecule has 5 nitrogen and oxygen atoms in total. The summed E-state index contributed by atoms with van der Waals surface area (Å²) in [7, 11) is 0. The van der Waals surface area contributed by atoms with Gasteiger partial charge in [0, 0.05) is 49.3 Å². The highest BCUT2D eigenvalue weighted by Gasteiger charge is 2.35. The second kappa shape index (κ2) is 17.9. The zero-order valence-electron chi connectivity index (χ0n) is 43.1. The first kappa shape index (κ1) is 45.0. The van der Waals surface area contributed by atoms with Crippen molar-refractivity contribution in [1.82, 2.24) is 24.1 Å². The number of aromatic nitrogens is 5. The molecule has 15 rings (SSSR count). The number of para-hydroxylation sites is 2. The Hall–Kier alpha value is -9.45. The fraction of sp³-hybridized carbons (Fsp3) is 0.0972. The van der Waals surface area contributed by atoms with Crippen LogP contribution >= 0.6 is 0 Å². The molecule has 366 valence electrons. The Labute approximate surface area is 448 Å². The van der Waals surface area contributed by atoms with Gasteiger partial charge in [0.15, 0.2) is 17.5 Å². The van der Waals surface area contributed by atoms with Crippen molar-refractivity contribution in [2.24, 2.45) is 0 Å². The minimum Gasteiger partial charge on any atom is -0.313 e. The molecule has 3 heterocycles. The van der Waals surface area contributed by atoms with Crippen LogP contribution in [0.4, 0.5) is 0 Å². The molecule has 13 aromatic rings. The van der Waals surface area contributed by atoms with Gasteiger partial charge in [-0.15, -0.1) is 0 Å². The molecule has 2 aliphatic carbocycles. The third-order valence-electron chi connectivity index (χ3n) is 16.5. The average molecular weight is 988 g/mol. The number of hydrogen-bond donors (Lipinski definition) is 0. The molecule has 3 aromatic heterocycles. The van der Waals surface area contributed by atoms with Gasteiger partial charge >= 0.3 is 0 Å². The average Bonchev–Trinajstić information content (AvgIpc) is 4.27. The predicted octanol–water partition coefficient (Wildman–Crippen LogP) is 18.8. The molecule has 0 aliphatic heterocycles. The first-order valence-electron chi connectivity index (χ1n) is 27.1. The van der Waals surface area contributed by atoms with Crippen LogP contribution in [0.3, 0.4) is 0 Å². The van der Waals surface area contributed by atoms with Crippen molar-refractivity contribution < 1.29 is 0 Å². The lowest BCUT2D eigenvalue weighted by molar-refractivity contribution is 0.660. The Bertz CT molecular complexity index is 4540. The highest BCUT2D eigenvalue weighted by Crippen LogP contribution is 2.50. The number of hydrogen-bond acceptors (Lipinski definition) is 3. The maximum Gasteiger partial charge on any atom is 0.166 e. The van der Waals surface area contributed by atoms with E-state index in [0.29, 0.717) is 17.5 Å². The van der Waals surface area contributed by atoms with Crippen LogP contribution in [0.1, 0.15) is 50.7 Å². The normalized spacial score (nSPS) is 13.8. The van der Waals surface area contributed by atoms with Crippen LogP contribution in [-0.4, -0.2) is 24.1 Å². The fourth-order valence-corrected chi connectivity index (χ4v) is 12.9. The molecule has 0 unspecified atom stereocenters. The lowest BCUT2D eigenvalue weighted by atomic mass is 9.82. The third kappa shape index (κ3) is 7.25. The van der Waals surface area contributed by atoms with Crippen molar-refractivity contribution in [1.29, 1.82) is 0 Å². The van der Waals surface area contributed by atoms with E-state index in [9.17, 15) is 0 Å². The molecule has 10 aromatic carbocycles. The molecule has 0 bridgehead atoms. The zero-order chi connectivity index (χ0) is 51.2. The van der Waals surface area contributed by atoms with Crippen LogP contribution in [0.5, 0.6) is 0 Å². The van der Waals surface area contributed by atoms with E-state index in [-0.39, 0.29) is 5.41 Å². The smallest absolute Gasteiger partial charge is 0.166 e. The second-order valence-electron chi connectivity index (χ2n) is 21.3. The van der Waals surface area contributed by atoms with Gasteiger partial charge in [-0.1, -0.05) is 202 Å². The van der Waals surface area contributed by atoms with Gasteiger partial charge in [0.25, 0.3) is 0 Å². The second-order valence-corrected chi connectivity index (χ2v) is 21.3. The van der Waals surface area contributed by atoms with Gasteiger partial charge in [-0.2, -0.15) is 0 Å². The van der Waals surface area contributed by atoms with E-state index in [1.54, 1.807) is 0 Å². The van der Waals surface area contributed by atoms with Crippen molar-refractivity contribution in [2.45, 2.75) is 44.9 Å². The van der Waals surface area contributed by atoms with Gasteiger partial charge in [-0.3, -0.25) is 0 Å². The Morgan fingerprint density at radius 3 is 1.53 bits per heavy atom. The molecule has 0 N–H and O–H groups in total.